The molecule has 1 aliphatic heterocycles. The molecule has 0 aromatic heterocycles. The van der Waals surface area contributed by atoms with E-state index in [1.165, 1.54) is 18.2 Å². The highest BCUT2D eigenvalue weighted by molar-refractivity contribution is 5.77. The molecule has 0 bridgehead atoms. The minimum Gasteiger partial charge on any atom is -0.484 e. The van der Waals surface area contributed by atoms with Gasteiger partial charge in [-0.3, -0.25) is 14.9 Å². The van der Waals surface area contributed by atoms with Crippen LogP contribution in [0.5, 0.6) is 5.75 Å². The molecule has 1 atom stereocenters. The molecule has 20 heavy (non-hydrogen) atoms. The van der Waals surface area contributed by atoms with Gasteiger partial charge in [0, 0.05) is 19.2 Å². The first-order chi connectivity index (χ1) is 9.65. The van der Waals surface area contributed by atoms with Crippen LogP contribution in [0.1, 0.15) is 12.8 Å². The maximum Gasteiger partial charge on any atom is 0.273 e. The summed E-state index contributed by atoms with van der Waals surface area (Å²) in [4.78, 5) is 21.7. The van der Waals surface area contributed by atoms with Gasteiger partial charge >= 0.3 is 0 Å². The molecule has 1 saturated heterocycles. The van der Waals surface area contributed by atoms with E-state index < -0.39 is 4.92 Å². The average Bonchev–Trinajstić information content (AvgIpc) is 2.96. The zero-order chi connectivity index (χ0) is 14.4. The Labute approximate surface area is 116 Å². The Morgan fingerprint density at radius 1 is 1.55 bits per heavy atom. The second kappa shape index (κ2) is 6.85. The number of ether oxygens (including phenoxy) is 2. The van der Waals surface area contributed by atoms with Crippen LogP contribution in [-0.4, -0.2) is 36.7 Å². The molecule has 0 radical (unpaired) electrons. The van der Waals surface area contributed by atoms with Crippen molar-refractivity contribution in [2.45, 2.75) is 18.9 Å². The van der Waals surface area contributed by atoms with Gasteiger partial charge in [0.1, 0.15) is 5.75 Å². The molecular weight excluding hydrogens is 264 g/mol. The number of benzene rings is 1. The van der Waals surface area contributed by atoms with Gasteiger partial charge < -0.3 is 14.8 Å². The highest BCUT2D eigenvalue weighted by Crippen LogP contribution is 2.18. The Morgan fingerprint density at radius 3 is 3.10 bits per heavy atom. The fourth-order valence-corrected chi connectivity index (χ4v) is 1.92. The molecule has 0 aliphatic carbocycles. The van der Waals surface area contributed by atoms with Crippen molar-refractivity contribution in [2.24, 2.45) is 0 Å². The minimum absolute atomic E-state index is 0.0673. The first-order valence-corrected chi connectivity index (χ1v) is 6.41. The SMILES string of the molecule is O=C(COc1cccc([N+](=O)[O-])c1)NCC1CCCO1. The standard InChI is InChI=1S/C13H16N2O5/c16-13(14-8-12-5-2-6-19-12)9-20-11-4-1-3-10(7-11)15(17)18/h1,3-4,7,12H,2,5-6,8-9H2,(H,14,16). The third kappa shape index (κ3) is 4.20. The van der Waals surface area contributed by atoms with Crippen molar-refractivity contribution in [1.29, 1.82) is 0 Å². The summed E-state index contributed by atoms with van der Waals surface area (Å²) in [6.07, 6.45) is 2.05. The van der Waals surface area contributed by atoms with Gasteiger partial charge in [0.05, 0.1) is 17.1 Å². The summed E-state index contributed by atoms with van der Waals surface area (Å²) in [6, 6.07) is 5.73. The van der Waals surface area contributed by atoms with E-state index >= 15 is 0 Å². The lowest BCUT2D eigenvalue weighted by molar-refractivity contribution is -0.384. The van der Waals surface area contributed by atoms with E-state index in [2.05, 4.69) is 5.32 Å². The summed E-state index contributed by atoms with van der Waals surface area (Å²) in [7, 11) is 0. The molecule has 1 aromatic carbocycles. The lowest BCUT2D eigenvalue weighted by atomic mass is 10.2. The molecule has 1 unspecified atom stereocenters. The Bertz CT molecular complexity index is 485. The number of carbonyl (C=O) groups excluding carboxylic acids is 1. The van der Waals surface area contributed by atoms with Crippen molar-refractivity contribution in [2.75, 3.05) is 19.8 Å². The van der Waals surface area contributed by atoms with Crippen LogP contribution < -0.4 is 10.1 Å². The quantitative estimate of drug-likeness (QED) is 0.626. The van der Waals surface area contributed by atoms with Gasteiger partial charge in [-0.15, -0.1) is 0 Å². The second-order valence-electron chi connectivity index (χ2n) is 4.48. The van der Waals surface area contributed by atoms with Crippen LogP contribution in [0.2, 0.25) is 0 Å². The molecule has 2 rings (SSSR count). The zero-order valence-electron chi connectivity index (χ0n) is 10.9. The van der Waals surface area contributed by atoms with Crippen molar-refractivity contribution in [1.82, 2.24) is 5.32 Å². The number of nitrogens with zero attached hydrogens (tertiary/aromatic N) is 1. The molecule has 7 heteroatoms. The van der Waals surface area contributed by atoms with Crippen LogP contribution in [0.4, 0.5) is 5.69 Å². The average molecular weight is 280 g/mol. The number of nitro benzene ring substituents is 1. The Kier molecular flexibility index (Phi) is 4.89. The third-order valence-corrected chi connectivity index (χ3v) is 2.95. The van der Waals surface area contributed by atoms with E-state index in [4.69, 9.17) is 9.47 Å². The summed E-state index contributed by atoms with van der Waals surface area (Å²) in [5.74, 6) is 0.0264. The topological polar surface area (TPSA) is 90.7 Å². The summed E-state index contributed by atoms with van der Waals surface area (Å²) in [5.41, 5.74) is -0.0673. The molecule has 0 saturated carbocycles. The minimum atomic E-state index is -0.510. The first-order valence-electron chi connectivity index (χ1n) is 6.41. The van der Waals surface area contributed by atoms with Gasteiger partial charge in [0.2, 0.25) is 0 Å². The predicted octanol–water partition coefficient (Wildman–Crippen LogP) is 1.27. The second-order valence-corrected chi connectivity index (χ2v) is 4.48. The fraction of sp³-hybridized carbons (Fsp3) is 0.462. The monoisotopic (exact) mass is 280 g/mol. The van der Waals surface area contributed by atoms with Crippen molar-refractivity contribution < 1.29 is 19.2 Å². The molecule has 7 nitrogen and oxygen atoms in total. The van der Waals surface area contributed by atoms with Crippen molar-refractivity contribution >= 4 is 11.6 Å². The van der Waals surface area contributed by atoms with Gasteiger partial charge in [-0.2, -0.15) is 0 Å². The van der Waals surface area contributed by atoms with Crippen LogP contribution >= 0.6 is 0 Å². The number of nitrogens with one attached hydrogen (secondary N) is 1. The number of carbonyl (C=O) groups is 1. The lowest BCUT2D eigenvalue weighted by Gasteiger charge is -2.11. The largest absolute Gasteiger partial charge is 0.484 e. The summed E-state index contributed by atoms with van der Waals surface area (Å²) < 4.78 is 10.6. The van der Waals surface area contributed by atoms with E-state index in [-0.39, 0.29) is 24.3 Å². The Morgan fingerprint density at radius 2 is 2.40 bits per heavy atom. The number of amides is 1. The summed E-state index contributed by atoms with van der Waals surface area (Å²) in [6.45, 7) is 1.04. The van der Waals surface area contributed by atoms with E-state index in [9.17, 15) is 14.9 Å². The van der Waals surface area contributed by atoms with Gasteiger partial charge in [-0.05, 0) is 18.9 Å². The number of hydrogen-bond acceptors (Lipinski definition) is 5. The van der Waals surface area contributed by atoms with Gasteiger partial charge in [0.25, 0.3) is 11.6 Å². The Balaban J connectivity index is 1.75. The van der Waals surface area contributed by atoms with Crippen LogP contribution in [0.25, 0.3) is 0 Å². The molecule has 1 fully saturated rings. The number of rotatable bonds is 6. The van der Waals surface area contributed by atoms with E-state index in [0.29, 0.717) is 12.3 Å². The smallest absolute Gasteiger partial charge is 0.273 e. The van der Waals surface area contributed by atoms with Crippen LogP contribution in [0, 0.1) is 10.1 Å². The van der Waals surface area contributed by atoms with Gasteiger partial charge in [-0.25, -0.2) is 0 Å². The first kappa shape index (κ1) is 14.3. The maximum atomic E-state index is 11.6. The number of hydrogen-bond donors (Lipinski definition) is 1. The zero-order valence-corrected chi connectivity index (χ0v) is 10.9. The van der Waals surface area contributed by atoms with E-state index in [0.717, 1.165) is 19.4 Å². The van der Waals surface area contributed by atoms with Crippen molar-refractivity contribution in [3.05, 3.63) is 34.4 Å². The lowest BCUT2D eigenvalue weighted by Crippen LogP contribution is -2.35. The third-order valence-electron chi connectivity index (χ3n) is 2.95. The molecule has 1 N–H and O–H groups in total. The molecule has 1 amide bonds. The summed E-state index contributed by atoms with van der Waals surface area (Å²) >= 11 is 0. The van der Waals surface area contributed by atoms with Gasteiger partial charge in [0.15, 0.2) is 6.61 Å². The van der Waals surface area contributed by atoms with Crippen LogP contribution in [0.3, 0.4) is 0 Å². The molecule has 0 spiro atoms. The molecule has 1 heterocycles. The molecule has 108 valence electrons. The number of nitro groups is 1. The Hall–Kier alpha value is -2.15. The highest BCUT2D eigenvalue weighted by atomic mass is 16.6. The maximum absolute atomic E-state index is 11.6. The normalized spacial score (nSPS) is 17.7. The molecule has 1 aromatic rings. The van der Waals surface area contributed by atoms with Crippen molar-refractivity contribution in [3.8, 4) is 5.75 Å². The van der Waals surface area contributed by atoms with E-state index in [1.807, 2.05) is 0 Å². The van der Waals surface area contributed by atoms with Gasteiger partial charge in [-0.1, -0.05) is 6.07 Å². The highest BCUT2D eigenvalue weighted by Gasteiger charge is 2.16. The number of non-ortho nitro benzene ring substituents is 1. The fourth-order valence-electron chi connectivity index (χ4n) is 1.92. The van der Waals surface area contributed by atoms with Crippen molar-refractivity contribution in [3.63, 3.8) is 0 Å². The molecular formula is C13H16N2O5. The molecule has 1 aliphatic rings. The predicted molar refractivity (Wildman–Crippen MR) is 70.6 cm³/mol. The van der Waals surface area contributed by atoms with E-state index in [1.54, 1.807) is 6.07 Å². The summed E-state index contributed by atoms with van der Waals surface area (Å²) in [5, 5.41) is 13.3. The van der Waals surface area contributed by atoms with Crippen LogP contribution in [-0.2, 0) is 9.53 Å². The van der Waals surface area contributed by atoms with Crippen LogP contribution in [0.15, 0.2) is 24.3 Å².